The summed E-state index contributed by atoms with van der Waals surface area (Å²) in [5.41, 5.74) is 7.84. The Balaban J connectivity index is 1.77. The van der Waals surface area contributed by atoms with Crippen molar-refractivity contribution < 1.29 is 4.74 Å². The zero-order valence-corrected chi connectivity index (χ0v) is 14.9. The van der Waals surface area contributed by atoms with Crippen LogP contribution in [0.1, 0.15) is 11.4 Å². The van der Waals surface area contributed by atoms with Gasteiger partial charge in [0.05, 0.1) is 18.6 Å². The Hall–Kier alpha value is -2.80. The topological polar surface area (TPSA) is 86.0 Å². The lowest BCUT2D eigenvalue weighted by Crippen LogP contribution is -2.07. The summed E-state index contributed by atoms with van der Waals surface area (Å²) in [7, 11) is 1.62. The molecule has 0 spiro atoms. The zero-order chi connectivity index (χ0) is 17.6. The standard InChI is InChI=1S/C18H19N5OS/c1-12-7-3-6-10-15(12)25-11-16-21-17(19)23-18(22-16)20-13-8-4-5-9-14(13)24-2/h3-10H,11H2,1-2H3,(H3,19,20,21,22,23). The van der Waals surface area contributed by atoms with Crippen LogP contribution in [0.4, 0.5) is 17.6 Å². The van der Waals surface area contributed by atoms with E-state index in [1.165, 1.54) is 10.5 Å². The average molecular weight is 353 g/mol. The lowest BCUT2D eigenvalue weighted by atomic mass is 10.2. The van der Waals surface area contributed by atoms with Crippen LogP contribution < -0.4 is 15.8 Å². The first-order valence-corrected chi connectivity index (χ1v) is 8.73. The SMILES string of the molecule is COc1ccccc1Nc1nc(N)nc(CSc2ccccc2C)n1. The normalized spacial score (nSPS) is 10.5. The van der Waals surface area contributed by atoms with Crippen molar-refractivity contribution >= 4 is 29.3 Å². The van der Waals surface area contributed by atoms with E-state index in [1.807, 2.05) is 36.4 Å². The molecular formula is C18H19N5OS. The molecule has 2 aromatic carbocycles. The minimum atomic E-state index is 0.188. The molecule has 3 N–H and O–H groups in total. The molecule has 0 radical (unpaired) electrons. The first-order chi connectivity index (χ1) is 12.2. The van der Waals surface area contributed by atoms with E-state index in [9.17, 15) is 0 Å². The third kappa shape index (κ3) is 4.39. The van der Waals surface area contributed by atoms with Crippen LogP contribution >= 0.6 is 11.8 Å². The largest absolute Gasteiger partial charge is 0.495 e. The van der Waals surface area contributed by atoms with Crippen molar-refractivity contribution in [1.29, 1.82) is 0 Å². The number of hydrogen-bond donors (Lipinski definition) is 2. The highest BCUT2D eigenvalue weighted by molar-refractivity contribution is 7.98. The molecule has 0 aliphatic heterocycles. The predicted molar refractivity (Wildman–Crippen MR) is 101 cm³/mol. The van der Waals surface area contributed by atoms with Gasteiger partial charge in [-0.2, -0.15) is 15.0 Å². The van der Waals surface area contributed by atoms with E-state index in [4.69, 9.17) is 10.5 Å². The van der Waals surface area contributed by atoms with E-state index in [-0.39, 0.29) is 5.95 Å². The predicted octanol–water partition coefficient (Wildman–Crippen LogP) is 3.81. The molecule has 3 rings (SSSR count). The molecule has 1 aromatic heterocycles. The van der Waals surface area contributed by atoms with Gasteiger partial charge >= 0.3 is 0 Å². The number of aryl methyl sites for hydroxylation is 1. The van der Waals surface area contributed by atoms with Crippen LogP contribution in [-0.4, -0.2) is 22.1 Å². The number of benzene rings is 2. The molecule has 7 heteroatoms. The maximum Gasteiger partial charge on any atom is 0.232 e. The number of nitrogens with two attached hydrogens (primary N) is 1. The van der Waals surface area contributed by atoms with Crippen LogP contribution in [0, 0.1) is 6.92 Å². The van der Waals surface area contributed by atoms with Gasteiger partial charge < -0.3 is 15.8 Å². The number of rotatable bonds is 6. The molecule has 0 atom stereocenters. The molecule has 0 aliphatic rings. The van der Waals surface area contributed by atoms with Crippen molar-refractivity contribution in [2.45, 2.75) is 17.6 Å². The Morgan fingerprint density at radius 1 is 1.04 bits per heavy atom. The highest BCUT2D eigenvalue weighted by Gasteiger charge is 2.09. The van der Waals surface area contributed by atoms with Gasteiger partial charge in [0.2, 0.25) is 11.9 Å². The first kappa shape index (κ1) is 17.0. The van der Waals surface area contributed by atoms with Crippen LogP contribution in [0.3, 0.4) is 0 Å². The van der Waals surface area contributed by atoms with Gasteiger partial charge in [-0.1, -0.05) is 30.3 Å². The molecule has 128 valence electrons. The van der Waals surface area contributed by atoms with Crippen molar-refractivity contribution in [3.8, 4) is 5.75 Å². The van der Waals surface area contributed by atoms with Gasteiger partial charge in [-0.3, -0.25) is 0 Å². The number of ether oxygens (including phenoxy) is 1. The molecule has 0 amide bonds. The minimum Gasteiger partial charge on any atom is -0.495 e. The van der Waals surface area contributed by atoms with Gasteiger partial charge in [-0.25, -0.2) is 0 Å². The number of nitrogens with one attached hydrogen (secondary N) is 1. The van der Waals surface area contributed by atoms with Crippen molar-refractivity contribution in [1.82, 2.24) is 15.0 Å². The molecule has 0 aliphatic carbocycles. The van der Waals surface area contributed by atoms with Crippen molar-refractivity contribution in [3.63, 3.8) is 0 Å². The van der Waals surface area contributed by atoms with Crippen LogP contribution in [-0.2, 0) is 5.75 Å². The molecule has 0 fully saturated rings. The van der Waals surface area contributed by atoms with Crippen LogP contribution in [0.25, 0.3) is 0 Å². The van der Waals surface area contributed by atoms with Gasteiger partial charge in [0, 0.05) is 4.90 Å². The molecule has 0 bridgehead atoms. The van der Waals surface area contributed by atoms with Crippen LogP contribution in [0.15, 0.2) is 53.4 Å². The number of methoxy groups -OCH3 is 1. The Morgan fingerprint density at radius 3 is 2.60 bits per heavy atom. The zero-order valence-electron chi connectivity index (χ0n) is 14.1. The number of nitrogens with zero attached hydrogens (tertiary/aromatic N) is 3. The van der Waals surface area contributed by atoms with E-state index in [0.29, 0.717) is 23.3 Å². The summed E-state index contributed by atoms with van der Waals surface area (Å²) in [6, 6.07) is 15.8. The lowest BCUT2D eigenvalue weighted by molar-refractivity contribution is 0.417. The molecule has 0 saturated carbocycles. The minimum absolute atomic E-state index is 0.188. The first-order valence-electron chi connectivity index (χ1n) is 7.74. The second kappa shape index (κ2) is 7.85. The summed E-state index contributed by atoms with van der Waals surface area (Å²) in [5.74, 6) is 2.53. The summed E-state index contributed by atoms with van der Waals surface area (Å²) >= 11 is 1.67. The highest BCUT2D eigenvalue weighted by Crippen LogP contribution is 2.27. The monoisotopic (exact) mass is 353 g/mol. The Morgan fingerprint density at radius 2 is 1.80 bits per heavy atom. The summed E-state index contributed by atoms with van der Waals surface area (Å²) in [6.45, 7) is 2.08. The average Bonchev–Trinajstić information content (AvgIpc) is 2.61. The summed E-state index contributed by atoms with van der Waals surface area (Å²) < 4.78 is 5.33. The van der Waals surface area contributed by atoms with Crippen molar-refractivity contribution in [3.05, 3.63) is 59.9 Å². The Bertz CT molecular complexity index is 872. The number of nitrogen functional groups attached to an aromatic ring is 1. The maximum absolute atomic E-state index is 5.84. The molecular weight excluding hydrogens is 334 g/mol. The molecule has 25 heavy (non-hydrogen) atoms. The second-order valence-corrected chi connectivity index (χ2v) is 6.33. The van der Waals surface area contributed by atoms with Crippen molar-refractivity contribution in [2.24, 2.45) is 0 Å². The fraction of sp³-hybridized carbons (Fsp3) is 0.167. The molecule has 1 heterocycles. The van der Waals surface area contributed by atoms with E-state index < -0.39 is 0 Å². The van der Waals surface area contributed by atoms with Gasteiger partial charge in [0.15, 0.2) is 0 Å². The number of para-hydroxylation sites is 2. The Labute approximate surface area is 150 Å². The highest BCUT2D eigenvalue weighted by atomic mass is 32.2. The van der Waals surface area contributed by atoms with Gasteiger partial charge in [0.1, 0.15) is 11.6 Å². The smallest absolute Gasteiger partial charge is 0.232 e. The molecule has 6 nitrogen and oxygen atoms in total. The quantitative estimate of drug-likeness (QED) is 0.652. The van der Waals surface area contributed by atoms with E-state index in [0.717, 1.165) is 5.69 Å². The Kier molecular flexibility index (Phi) is 5.35. The van der Waals surface area contributed by atoms with Gasteiger partial charge in [-0.05, 0) is 30.7 Å². The van der Waals surface area contributed by atoms with Gasteiger partial charge in [0.25, 0.3) is 0 Å². The van der Waals surface area contributed by atoms with Crippen molar-refractivity contribution in [2.75, 3.05) is 18.2 Å². The van der Waals surface area contributed by atoms with E-state index in [2.05, 4.69) is 39.3 Å². The van der Waals surface area contributed by atoms with Crippen LogP contribution in [0.5, 0.6) is 5.75 Å². The molecule has 3 aromatic rings. The van der Waals surface area contributed by atoms with Crippen LogP contribution in [0.2, 0.25) is 0 Å². The van der Waals surface area contributed by atoms with E-state index in [1.54, 1.807) is 18.9 Å². The number of aromatic nitrogens is 3. The number of hydrogen-bond acceptors (Lipinski definition) is 7. The lowest BCUT2D eigenvalue weighted by Gasteiger charge is -2.11. The summed E-state index contributed by atoms with van der Waals surface area (Å²) in [5, 5.41) is 3.14. The summed E-state index contributed by atoms with van der Waals surface area (Å²) in [6.07, 6.45) is 0. The summed E-state index contributed by atoms with van der Waals surface area (Å²) in [4.78, 5) is 14.0. The second-order valence-electron chi connectivity index (χ2n) is 5.31. The van der Waals surface area contributed by atoms with E-state index >= 15 is 0 Å². The fourth-order valence-corrected chi connectivity index (χ4v) is 3.17. The third-order valence-corrected chi connectivity index (χ3v) is 4.67. The third-order valence-electron chi connectivity index (χ3n) is 3.50. The maximum atomic E-state index is 5.84. The molecule has 0 unspecified atom stereocenters. The molecule has 0 saturated heterocycles. The van der Waals surface area contributed by atoms with Gasteiger partial charge in [-0.15, -0.1) is 11.8 Å². The number of anilines is 3. The number of thioether (sulfide) groups is 1. The fourth-order valence-electron chi connectivity index (χ4n) is 2.29.